The van der Waals surface area contributed by atoms with E-state index in [1.54, 1.807) is 0 Å². The van der Waals surface area contributed by atoms with E-state index in [4.69, 9.17) is 37.0 Å². The Labute approximate surface area is 568 Å². The van der Waals surface area contributed by atoms with Gasteiger partial charge in [-0.25, -0.2) is 9.13 Å². The molecule has 0 aliphatic carbocycles. The van der Waals surface area contributed by atoms with Crippen molar-refractivity contribution < 1.29 is 80.2 Å². The number of aliphatic hydroxyl groups excluding tert-OH is 1. The molecule has 0 radical (unpaired) electrons. The van der Waals surface area contributed by atoms with Gasteiger partial charge in [0.1, 0.15) is 19.3 Å². The molecule has 0 bridgehead atoms. The minimum Gasteiger partial charge on any atom is -0.462 e. The number of phosphoric acid groups is 2. The van der Waals surface area contributed by atoms with Crippen LogP contribution in [0.15, 0.2) is 0 Å². The summed E-state index contributed by atoms with van der Waals surface area (Å²) in [5, 5.41) is 10.6. The maximum Gasteiger partial charge on any atom is 0.472 e. The Morgan fingerprint density at radius 2 is 0.495 bits per heavy atom. The van der Waals surface area contributed by atoms with Crippen molar-refractivity contribution in [2.24, 2.45) is 11.8 Å². The summed E-state index contributed by atoms with van der Waals surface area (Å²) >= 11 is 0. The molecule has 0 aromatic heterocycles. The lowest BCUT2D eigenvalue weighted by Gasteiger charge is -2.21. The topological polar surface area (TPSA) is 237 Å². The number of ether oxygens (including phenoxy) is 4. The molecule has 2 unspecified atom stereocenters. The van der Waals surface area contributed by atoms with Gasteiger partial charge in [-0.15, -0.1) is 0 Å². The lowest BCUT2D eigenvalue weighted by atomic mass is 10.0. The van der Waals surface area contributed by atoms with E-state index >= 15 is 0 Å². The van der Waals surface area contributed by atoms with E-state index < -0.39 is 97.5 Å². The Bertz CT molecular complexity index is 1800. The first-order valence-corrected chi connectivity index (χ1v) is 41.5. The summed E-state index contributed by atoms with van der Waals surface area (Å²) in [5.74, 6) is -0.511. The first-order valence-electron chi connectivity index (χ1n) is 38.5. The summed E-state index contributed by atoms with van der Waals surface area (Å²) < 4.78 is 68.2. The molecule has 0 aliphatic heterocycles. The average molecular weight is 1370 g/mol. The third-order valence-corrected chi connectivity index (χ3v) is 19.1. The summed E-state index contributed by atoms with van der Waals surface area (Å²) in [6.07, 6.45) is 53.2. The molecular weight excluding hydrogens is 1220 g/mol. The molecule has 19 heteroatoms. The van der Waals surface area contributed by atoms with E-state index in [9.17, 15) is 43.2 Å². The van der Waals surface area contributed by atoms with Gasteiger partial charge in [0.05, 0.1) is 26.4 Å². The number of hydrogen-bond donors (Lipinski definition) is 3. The quantitative estimate of drug-likeness (QED) is 0.0222. The number of esters is 4. The van der Waals surface area contributed by atoms with Crippen LogP contribution < -0.4 is 0 Å². The molecule has 0 saturated heterocycles. The SMILES string of the molecule is CCCCCCCCCCCCC(=O)O[C@H](COC(=O)CCCCCCC)COP(=O)(O)OC[C@H](O)COP(=O)(O)OC[C@@H](COC(=O)CCCCCCCCCCCCCCCCC(C)C)OC(=O)CCCCCCCCCCCCCCCCCCCCC(C)C. The predicted octanol–water partition coefficient (Wildman–Crippen LogP) is 21.6. The monoisotopic (exact) mass is 1370 g/mol. The van der Waals surface area contributed by atoms with Gasteiger partial charge in [0.2, 0.25) is 0 Å². The highest BCUT2D eigenvalue weighted by molar-refractivity contribution is 7.47. The second-order valence-electron chi connectivity index (χ2n) is 27.6. The normalized spacial score (nSPS) is 14.1. The third kappa shape index (κ3) is 68.4. The molecule has 0 aromatic rings. The van der Waals surface area contributed by atoms with Gasteiger partial charge in [-0.1, -0.05) is 330 Å². The fraction of sp³-hybridized carbons (Fsp3) is 0.946. The summed E-state index contributed by atoms with van der Waals surface area (Å²) in [5.41, 5.74) is 0. The highest BCUT2D eigenvalue weighted by Crippen LogP contribution is 2.45. The zero-order valence-electron chi connectivity index (χ0n) is 60.6. The molecule has 0 saturated carbocycles. The minimum atomic E-state index is -4.95. The smallest absolute Gasteiger partial charge is 0.462 e. The van der Waals surface area contributed by atoms with Crippen LogP contribution in [-0.2, 0) is 65.4 Å². The van der Waals surface area contributed by atoms with Gasteiger partial charge in [0, 0.05) is 25.7 Å². The Morgan fingerprint density at radius 3 is 0.731 bits per heavy atom. The van der Waals surface area contributed by atoms with Gasteiger partial charge >= 0.3 is 39.5 Å². The third-order valence-electron chi connectivity index (χ3n) is 17.2. The van der Waals surface area contributed by atoms with Crippen molar-refractivity contribution in [2.45, 2.75) is 400 Å². The molecule has 0 heterocycles. The Kier molecular flexibility index (Phi) is 64.6. The van der Waals surface area contributed by atoms with Gasteiger partial charge in [0.15, 0.2) is 12.2 Å². The summed E-state index contributed by atoms with van der Waals surface area (Å²) in [7, 11) is -9.89. The molecule has 0 spiro atoms. The van der Waals surface area contributed by atoms with Crippen molar-refractivity contribution in [2.75, 3.05) is 39.6 Å². The van der Waals surface area contributed by atoms with Crippen molar-refractivity contribution >= 4 is 39.5 Å². The number of unbranched alkanes of at least 4 members (excludes halogenated alkanes) is 43. The van der Waals surface area contributed by atoms with E-state index in [1.807, 2.05) is 0 Å². The highest BCUT2D eigenvalue weighted by atomic mass is 31.2. The number of rotatable bonds is 73. The van der Waals surface area contributed by atoms with Crippen LogP contribution in [0.2, 0.25) is 0 Å². The van der Waals surface area contributed by atoms with Crippen molar-refractivity contribution in [3.05, 3.63) is 0 Å². The molecule has 0 fully saturated rings. The first-order chi connectivity index (χ1) is 44.9. The second-order valence-corrected chi connectivity index (χ2v) is 30.5. The van der Waals surface area contributed by atoms with Crippen LogP contribution >= 0.6 is 15.6 Å². The van der Waals surface area contributed by atoms with Gasteiger partial charge in [-0.3, -0.25) is 37.3 Å². The molecule has 0 rings (SSSR count). The summed E-state index contributed by atoms with van der Waals surface area (Å²) in [6, 6.07) is 0. The van der Waals surface area contributed by atoms with Crippen molar-refractivity contribution in [1.82, 2.24) is 0 Å². The molecule has 3 N–H and O–H groups in total. The molecule has 0 aromatic carbocycles. The van der Waals surface area contributed by atoms with E-state index in [0.717, 1.165) is 108 Å². The van der Waals surface area contributed by atoms with Crippen LogP contribution in [0.5, 0.6) is 0 Å². The molecule has 17 nitrogen and oxygen atoms in total. The van der Waals surface area contributed by atoms with Crippen molar-refractivity contribution in [3.8, 4) is 0 Å². The van der Waals surface area contributed by atoms with E-state index in [1.165, 1.54) is 193 Å². The molecule has 0 aliphatic rings. The Morgan fingerprint density at radius 1 is 0.290 bits per heavy atom. The Hall–Kier alpha value is -1.94. The molecule has 0 amide bonds. The number of hydrogen-bond acceptors (Lipinski definition) is 15. The van der Waals surface area contributed by atoms with Crippen LogP contribution in [-0.4, -0.2) is 96.7 Å². The van der Waals surface area contributed by atoms with Crippen LogP contribution in [0.3, 0.4) is 0 Å². The number of carbonyl (C=O) groups is 4. The maximum absolute atomic E-state index is 13.1. The average Bonchev–Trinajstić information content (AvgIpc) is 1.96. The zero-order valence-corrected chi connectivity index (χ0v) is 62.3. The zero-order chi connectivity index (χ0) is 68.6. The van der Waals surface area contributed by atoms with Crippen LogP contribution in [0.4, 0.5) is 0 Å². The molecule has 93 heavy (non-hydrogen) atoms. The Balaban J connectivity index is 5.11. The van der Waals surface area contributed by atoms with Crippen molar-refractivity contribution in [3.63, 3.8) is 0 Å². The van der Waals surface area contributed by atoms with E-state index in [2.05, 4.69) is 41.5 Å². The summed E-state index contributed by atoms with van der Waals surface area (Å²) in [6.45, 7) is 9.54. The highest BCUT2D eigenvalue weighted by Gasteiger charge is 2.30. The fourth-order valence-corrected chi connectivity index (χ4v) is 12.9. The van der Waals surface area contributed by atoms with E-state index in [-0.39, 0.29) is 25.7 Å². The fourth-order valence-electron chi connectivity index (χ4n) is 11.3. The molecule has 5 atom stereocenters. The second kappa shape index (κ2) is 66.0. The largest absolute Gasteiger partial charge is 0.472 e. The van der Waals surface area contributed by atoms with Crippen LogP contribution in [0.1, 0.15) is 382 Å². The maximum atomic E-state index is 13.1. The molecular formula is C74H144O17P2. The standard InChI is InChI=1S/C74H144O17P2/c1-7-9-11-13-14-15-34-40-46-52-58-73(78)90-69(62-84-71(76)56-50-42-12-10-8-2)64-88-92(80,81)86-60-68(75)61-87-93(82,83)89-65-70(63-85-72(77)57-51-45-39-35-30-26-23-22-25-29-33-38-44-49-55-67(5)6)91-74(79)59-53-47-41-36-31-27-21-19-17-16-18-20-24-28-32-37-43-48-54-66(3)4/h66-70,75H,7-65H2,1-6H3,(H,80,81)(H,82,83)/t68-,69+,70+/m0/s1. The predicted molar refractivity (Wildman–Crippen MR) is 377 cm³/mol. The van der Waals surface area contributed by atoms with Crippen LogP contribution in [0.25, 0.3) is 0 Å². The number of aliphatic hydroxyl groups is 1. The molecule has 552 valence electrons. The first kappa shape index (κ1) is 91.1. The number of carbonyl (C=O) groups excluding carboxylic acids is 4. The van der Waals surface area contributed by atoms with Gasteiger partial charge in [0.25, 0.3) is 0 Å². The lowest BCUT2D eigenvalue weighted by molar-refractivity contribution is -0.161. The van der Waals surface area contributed by atoms with Gasteiger partial charge in [-0.2, -0.15) is 0 Å². The van der Waals surface area contributed by atoms with E-state index in [0.29, 0.717) is 25.7 Å². The van der Waals surface area contributed by atoms with Gasteiger partial charge < -0.3 is 33.8 Å². The van der Waals surface area contributed by atoms with Crippen LogP contribution in [0, 0.1) is 11.8 Å². The van der Waals surface area contributed by atoms with Crippen molar-refractivity contribution in [1.29, 1.82) is 0 Å². The minimum absolute atomic E-state index is 0.106. The van der Waals surface area contributed by atoms with Gasteiger partial charge in [-0.05, 0) is 37.5 Å². The number of phosphoric ester groups is 2. The summed E-state index contributed by atoms with van der Waals surface area (Å²) in [4.78, 5) is 72.4. The lowest BCUT2D eigenvalue weighted by Crippen LogP contribution is -2.30.